The molecule has 2 aromatic carbocycles. The number of carbonyl (C=O) groups excluding carboxylic acids is 2. The van der Waals surface area contributed by atoms with E-state index in [1.807, 2.05) is 12.2 Å². The Morgan fingerprint density at radius 2 is 1.77 bits per heavy atom. The van der Waals surface area contributed by atoms with Gasteiger partial charge in [-0.2, -0.15) is 0 Å². The predicted octanol–water partition coefficient (Wildman–Crippen LogP) is 4.67. The molecule has 160 valence electrons. The first-order valence-corrected chi connectivity index (χ1v) is 9.84. The summed E-state index contributed by atoms with van der Waals surface area (Å²) in [6.07, 6.45) is 5.76. The second-order valence-corrected chi connectivity index (χ2v) is 6.57. The first-order chi connectivity index (χ1) is 15.0. The number of hydrogen-bond acceptors (Lipinski definition) is 7. The van der Waals surface area contributed by atoms with Crippen LogP contribution in [0.15, 0.2) is 69.9 Å². The third kappa shape index (κ3) is 5.60. The molecule has 0 radical (unpaired) electrons. The number of benzene rings is 2. The van der Waals surface area contributed by atoms with Crippen LogP contribution in [-0.4, -0.2) is 18.5 Å². The van der Waals surface area contributed by atoms with Crippen LogP contribution in [0.5, 0.6) is 17.2 Å². The molecule has 0 bridgehead atoms. The summed E-state index contributed by atoms with van der Waals surface area (Å²) in [5.74, 6) is -1.63. The molecular weight excluding hydrogens is 400 g/mol. The molecule has 0 aliphatic carbocycles. The SMILES string of the molecule is CCC=CCCOc1ccc2c(OC(C)=O)c(OC(=O)c3ccccc3)c(=O)oc2c1. The minimum absolute atomic E-state index is 0.141. The minimum Gasteiger partial charge on any atom is -0.493 e. The smallest absolute Gasteiger partial charge is 0.383 e. The Labute approximate surface area is 178 Å². The molecule has 0 amide bonds. The lowest BCUT2D eigenvalue weighted by atomic mass is 10.2. The van der Waals surface area contributed by atoms with Crippen LogP contribution in [-0.2, 0) is 4.79 Å². The second-order valence-electron chi connectivity index (χ2n) is 6.57. The number of fused-ring (bicyclic) bond motifs is 1. The Morgan fingerprint density at radius 1 is 1.00 bits per heavy atom. The zero-order chi connectivity index (χ0) is 22.2. The zero-order valence-corrected chi connectivity index (χ0v) is 17.3. The highest BCUT2D eigenvalue weighted by Crippen LogP contribution is 2.35. The van der Waals surface area contributed by atoms with E-state index in [1.54, 1.807) is 30.3 Å². The average Bonchev–Trinajstić information content (AvgIpc) is 2.76. The summed E-state index contributed by atoms with van der Waals surface area (Å²) in [5.41, 5.74) is -0.574. The highest BCUT2D eigenvalue weighted by atomic mass is 16.6. The van der Waals surface area contributed by atoms with E-state index >= 15 is 0 Å². The molecule has 0 saturated heterocycles. The van der Waals surface area contributed by atoms with Crippen molar-refractivity contribution in [3.8, 4) is 17.2 Å². The van der Waals surface area contributed by atoms with Gasteiger partial charge >= 0.3 is 17.6 Å². The van der Waals surface area contributed by atoms with Gasteiger partial charge in [-0.25, -0.2) is 9.59 Å². The molecule has 0 aliphatic rings. The maximum Gasteiger partial charge on any atom is 0.383 e. The van der Waals surface area contributed by atoms with Crippen molar-refractivity contribution in [2.45, 2.75) is 26.7 Å². The van der Waals surface area contributed by atoms with Crippen molar-refractivity contribution in [2.75, 3.05) is 6.61 Å². The van der Waals surface area contributed by atoms with E-state index in [0.29, 0.717) is 17.7 Å². The van der Waals surface area contributed by atoms with Crippen molar-refractivity contribution in [1.29, 1.82) is 0 Å². The second kappa shape index (κ2) is 10.2. The summed E-state index contributed by atoms with van der Waals surface area (Å²) in [5, 5.41) is 0.295. The van der Waals surface area contributed by atoms with Crippen LogP contribution < -0.4 is 19.8 Å². The molecule has 0 aliphatic heterocycles. The van der Waals surface area contributed by atoms with Gasteiger partial charge in [0.25, 0.3) is 5.75 Å². The first-order valence-electron chi connectivity index (χ1n) is 9.84. The van der Waals surface area contributed by atoms with Gasteiger partial charge in [0.05, 0.1) is 17.6 Å². The third-order valence-corrected chi connectivity index (χ3v) is 4.20. The monoisotopic (exact) mass is 422 g/mol. The van der Waals surface area contributed by atoms with Crippen LogP contribution in [0, 0.1) is 0 Å². The molecule has 0 spiro atoms. The van der Waals surface area contributed by atoms with E-state index in [-0.39, 0.29) is 16.9 Å². The topological polar surface area (TPSA) is 92.0 Å². The maximum atomic E-state index is 12.6. The van der Waals surface area contributed by atoms with Gasteiger partial charge in [0.2, 0.25) is 0 Å². The van der Waals surface area contributed by atoms with E-state index in [4.69, 9.17) is 18.6 Å². The molecule has 3 rings (SSSR count). The number of carbonyl (C=O) groups is 2. The standard InChI is InChI=1S/C24H22O7/c1-3-4-5-9-14-28-18-12-13-19-20(15-18)30-24(27)22(21(19)29-16(2)25)31-23(26)17-10-7-6-8-11-17/h4-8,10-13,15H,3,9,14H2,1-2H3. The number of rotatable bonds is 8. The summed E-state index contributed by atoms with van der Waals surface area (Å²) in [4.78, 5) is 36.6. The van der Waals surface area contributed by atoms with Crippen molar-refractivity contribution in [1.82, 2.24) is 0 Å². The Morgan fingerprint density at radius 3 is 2.48 bits per heavy atom. The Bertz CT molecular complexity index is 1160. The molecule has 0 N–H and O–H groups in total. The fraction of sp³-hybridized carbons (Fsp3) is 0.208. The van der Waals surface area contributed by atoms with Crippen LogP contribution in [0.1, 0.15) is 37.0 Å². The summed E-state index contributed by atoms with van der Waals surface area (Å²) in [6, 6.07) is 12.9. The lowest BCUT2D eigenvalue weighted by Gasteiger charge is -2.12. The Balaban J connectivity index is 1.95. The lowest BCUT2D eigenvalue weighted by Crippen LogP contribution is -2.17. The Kier molecular flexibility index (Phi) is 7.22. The molecule has 0 saturated carbocycles. The first kappa shape index (κ1) is 21.8. The average molecular weight is 422 g/mol. The zero-order valence-electron chi connectivity index (χ0n) is 17.3. The third-order valence-electron chi connectivity index (χ3n) is 4.20. The Hall–Kier alpha value is -3.87. The summed E-state index contributed by atoms with van der Waals surface area (Å²) >= 11 is 0. The van der Waals surface area contributed by atoms with Crippen molar-refractivity contribution >= 4 is 22.9 Å². The molecule has 0 fully saturated rings. The van der Waals surface area contributed by atoms with Crippen LogP contribution in [0.25, 0.3) is 11.0 Å². The maximum absolute atomic E-state index is 12.6. The van der Waals surface area contributed by atoms with Gasteiger partial charge < -0.3 is 18.6 Å². The van der Waals surface area contributed by atoms with Gasteiger partial charge in [0.1, 0.15) is 11.3 Å². The van der Waals surface area contributed by atoms with Crippen molar-refractivity contribution in [3.05, 3.63) is 76.7 Å². The van der Waals surface area contributed by atoms with E-state index in [0.717, 1.165) is 12.8 Å². The van der Waals surface area contributed by atoms with E-state index in [2.05, 4.69) is 6.92 Å². The largest absolute Gasteiger partial charge is 0.493 e. The van der Waals surface area contributed by atoms with Gasteiger partial charge in [-0.15, -0.1) is 0 Å². The molecule has 31 heavy (non-hydrogen) atoms. The molecular formula is C24H22O7. The number of ether oxygens (including phenoxy) is 3. The molecule has 0 unspecified atom stereocenters. The van der Waals surface area contributed by atoms with Gasteiger partial charge in [0.15, 0.2) is 5.75 Å². The summed E-state index contributed by atoms with van der Waals surface area (Å²) in [6.45, 7) is 3.69. The van der Waals surface area contributed by atoms with E-state index in [1.165, 1.54) is 25.1 Å². The number of esters is 2. The van der Waals surface area contributed by atoms with E-state index in [9.17, 15) is 14.4 Å². The van der Waals surface area contributed by atoms with Crippen LogP contribution in [0.3, 0.4) is 0 Å². The minimum atomic E-state index is -0.948. The molecule has 7 heteroatoms. The lowest BCUT2D eigenvalue weighted by molar-refractivity contribution is -0.131. The molecule has 0 atom stereocenters. The highest BCUT2D eigenvalue weighted by Gasteiger charge is 2.23. The van der Waals surface area contributed by atoms with Crippen LogP contribution >= 0.6 is 0 Å². The summed E-state index contributed by atoms with van der Waals surface area (Å²) in [7, 11) is 0. The van der Waals surface area contributed by atoms with Crippen molar-refractivity contribution < 1.29 is 28.2 Å². The molecule has 1 aromatic heterocycles. The van der Waals surface area contributed by atoms with E-state index < -0.39 is 23.3 Å². The van der Waals surface area contributed by atoms with Crippen molar-refractivity contribution in [3.63, 3.8) is 0 Å². The van der Waals surface area contributed by atoms with Crippen LogP contribution in [0.2, 0.25) is 0 Å². The highest BCUT2D eigenvalue weighted by molar-refractivity contribution is 5.94. The van der Waals surface area contributed by atoms with Crippen molar-refractivity contribution in [2.24, 2.45) is 0 Å². The molecule has 3 aromatic rings. The quantitative estimate of drug-likeness (QED) is 0.225. The number of allylic oxidation sites excluding steroid dienone is 1. The van der Waals surface area contributed by atoms with Gasteiger partial charge in [0, 0.05) is 13.0 Å². The van der Waals surface area contributed by atoms with Gasteiger partial charge in [-0.05, 0) is 37.1 Å². The fourth-order valence-electron chi connectivity index (χ4n) is 2.81. The molecule has 7 nitrogen and oxygen atoms in total. The normalized spacial score (nSPS) is 10.9. The van der Waals surface area contributed by atoms with Gasteiger partial charge in [-0.3, -0.25) is 4.79 Å². The number of hydrogen-bond donors (Lipinski definition) is 0. The van der Waals surface area contributed by atoms with Crippen LogP contribution in [0.4, 0.5) is 0 Å². The van der Waals surface area contributed by atoms with Gasteiger partial charge in [-0.1, -0.05) is 37.3 Å². The summed E-state index contributed by atoms with van der Waals surface area (Å²) < 4.78 is 21.4. The molecule has 1 heterocycles. The predicted molar refractivity (Wildman–Crippen MR) is 115 cm³/mol. The fourth-order valence-corrected chi connectivity index (χ4v) is 2.81.